The molecule has 0 aliphatic heterocycles. The maximum Gasteiger partial charge on any atom is 0.183 e. The van der Waals surface area contributed by atoms with E-state index in [0.29, 0.717) is 21.8 Å². The molecule has 0 saturated heterocycles. The number of aryl methyl sites for hydroxylation is 1. The van der Waals surface area contributed by atoms with Crippen LogP contribution in [0.25, 0.3) is 0 Å². The van der Waals surface area contributed by atoms with Gasteiger partial charge in [0.15, 0.2) is 9.84 Å². The van der Waals surface area contributed by atoms with Crippen LogP contribution < -0.4 is 0 Å². The van der Waals surface area contributed by atoms with Crippen LogP contribution in [0.1, 0.15) is 22.9 Å². The molecule has 2 rings (SSSR count). The molecule has 5 heteroatoms. The summed E-state index contributed by atoms with van der Waals surface area (Å²) in [5, 5.41) is 10.7. The Morgan fingerprint density at radius 3 is 2.68 bits per heavy atom. The molecule has 0 N–H and O–H groups in total. The van der Waals surface area contributed by atoms with Crippen LogP contribution in [0.15, 0.2) is 40.6 Å². The van der Waals surface area contributed by atoms with E-state index in [1.807, 2.05) is 25.1 Å². The lowest BCUT2D eigenvalue weighted by Gasteiger charge is -2.08. The van der Waals surface area contributed by atoms with Gasteiger partial charge in [0, 0.05) is 4.88 Å². The molecule has 98 valence electrons. The van der Waals surface area contributed by atoms with Crippen LogP contribution in [0.4, 0.5) is 0 Å². The number of thiophene rings is 1. The number of benzene rings is 1. The predicted molar refractivity (Wildman–Crippen MR) is 75.7 cm³/mol. The molecule has 0 saturated carbocycles. The summed E-state index contributed by atoms with van der Waals surface area (Å²) in [5.41, 5.74) is 1.26. The largest absolute Gasteiger partial charge is 0.223 e. The molecule has 0 aliphatic carbocycles. The van der Waals surface area contributed by atoms with E-state index in [4.69, 9.17) is 5.26 Å². The predicted octanol–water partition coefficient (Wildman–Crippen LogP) is 3.16. The molecule has 0 amide bonds. The summed E-state index contributed by atoms with van der Waals surface area (Å²) in [4.78, 5) is 0.975. The van der Waals surface area contributed by atoms with E-state index in [9.17, 15) is 8.42 Å². The Kier molecular flexibility index (Phi) is 4.03. The molecule has 0 radical (unpaired) electrons. The highest BCUT2D eigenvalue weighted by molar-refractivity contribution is 7.90. The van der Waals surface area contributed by atoms with E-state index in [1.165, 1.54) is 11.3 Å². The molecular weight excluding hydrogens is 278 g/mol. The van der Waals surface area contributed by atoms with Crippen LogP contribution in [0, 0.1) is 11.3 Å². The first-order valence-corrected chi connectivity index (χ1v) is 8.39. The minimum Gasteiger partial charge on any atom is -0.223 e. The average Bonchev–Trinajstić information content (AvgIpc) is 2.85. The Morgan fingerprint density at radius 2 is 2.00 bits per heavy atom. The summed E-state index contributed by atoms with van der Waals surface area (Å²) in [7, 11) is -3.40. The van der Waals surface area contributed by atoms with Crippen LogP contribution in [-0.4, -0.2) is 8.42 Å². The third-order valence-corrected chi connectivity index (χ3v) is 5.72. The number of nitrogens with zero attached hydrogens (tertiary/aromatic N) is 1. The molecule has 1 aromatic carbocycles. The van der Waals surface area contributed by atoms with E-state index in [1.54, 1.807) is 23.6 Å². The second-order valence-electron chi connectivity index (χ2n) is 4.09. The first-order valence-electron chi connectivity index (χ1n) is 5.85. The van der Waals surface area contributed by atoms with Crippen molar-refractivity contribution in [3.63, 3.8) is 0 Å². The zero-order chi connectivity index (χ0) is 13.9. The van der Waals surface area contributed by atoms with E-state index >= 15 is 0 Å². The van der Waals surface area contributed by atoms with Crippen molar-refractivity contribution in [3.8, 4) is 6.07 Å². The number of sulfone groups is 1. The molecule has 1 aromatic heterocycles. The highest BCUT2D eigenvalue weighted by Crippen LogP contribution is 2.25. The molecule has 2 aromatic rings. The first-order chi connectivity index (χ1) is 9.08. The summed E-state index contributed by atoms with van der Waals surface area (Å²) in [6.45, 7) is 1.93. The maximum absolute atomic E-state index is 12.4. The lowest BCUT2D eigenvalue weighted by molar-refractivity contribution is 0.594. The zero-order valence-electron chi connectivity index (χ0n) is 10.5. The standard InChI is InChI=1S/C14H13NO2S2/c1-2-11-5-3-4-6-14(11)19(16,17)10-13-12(9-15)7-8-18-13/h3-8H,2,10H2,1H3. The van der Waals surface area contributed by atoms with Crippen molar-refractivity contribution in [2.45, 2.75) is 24.0 Å². The van der Waals surface area contributed by atoms with Crippen molar-refractivity contribution in [2.75, 3.05) is 0 Å². The Hall–Kier alpha value is -1.64. The van der Waals surface area contributed by atoms with E-state index in [2.05, 4.69) is 0 Å². The van der Waals surface area contributed by atoms with Crippen molar-refractivity contribution in [1.82, 2.24) is 0 Å². The van der Waals surface area contributed by atoms with Gasteiger partial charge in [-0.15, -0.1) is 11.3 Å². The molecule has 0 unspecified atom stereocenters. The van der Waals surface area contributed by atoms with Crippen molar-refractivity contribution in [1.29, 1.82) is 5.26 Å². The number of rotatable bonds is 4. The summed E-state index contributed by atoms with van der Waals surface area (Å²) >= 11 is 1.31. The average molecular weight is 291 g/mol. The molecule has 0 atom stereocenters. The summed E-state index contributed by atoms with van der Waals surface area (Å²) in [5.74, 6) is -0.107. The first kappa shape index (κ1) is 13.8. The molecule has 0 bridgehead atoms. The highest BCUT2D eigenvalue weighted by Gasteiger charge is 2.20. The van der Waals surface area contributed by atoms with Gasteiger partial charge >= 0.3 is 0 Å². The van der Waals surface area contributed by atoms with Crippen LogP contribution in [0.2, 0.25) is 0 Å². The van der Waals surface area contributed by atoms with Gasteiger partial charge in [-0.05, 0) is 29.5 Å². The molecular formula is C14H13NO2S2. The van der Waals surface area contributed by atoms with Crippen molar-refractivity contribution in [3.05, 3.63) is 51.7 Å². The third-order valence-electron chi connectivity index (χ3n) is 2.88. The number of nitriles is 1. The van der Waals surface area contributed by atoms with Gasteiger partial charge < -0.3 is 0 Å². The van der Waals surface area contributed by atoms with E-state index < -0.39 is 9.84 Å². The van der Waals surface area contributed by atoms with E-state index in [0.717, 1.165) is 5.56 Å². The fourth-order valence-electron chi connectivity index (χ4n) is 1.90. The summed E-state index contributed by atoms with van der Waals surface area (Å²) < 4.78 is 24.9. The van der Waals surface area contributed by atoms with Gasteiger partial charge in [-0.25, -0.2) is 8.42 Å². The minimum atomic E-state index is -3.40. The molecule has 19 heavy (non-hydrogen) atoms. The minimum absolute atomic E-state index is 0.107. The number of hydrogen-bond acceptors (Lipinski definition) is 4. The van der Waals surface area contributed by atoms with Crippen LogP contribution >= 0.6 is 11.3 Å². The molecule has 1 heterocycles. The summed E-state index contributed by atoms with van der Waals surface area (Å²) in [6, 6.07) is 10.7. The SMILES string of the molecule is CCc1ccccc1S(=O)(=O)Cc1sccc1C#N. The van der Waals surface area contributed by atoms with Crippen molar-refractivity contribution < 1.29 is 8.42 Å². The lowest BCUT2D eigenvalue weighted by Crippen LogP contribution is -2.07. The smallest absolute Gasteiger partial charge is 0.183 e. The van der Waals surface area contributed by atoms with Gasteiger partial charge in [0.1, 0.15) is 6.07 Å². The maximum atomic E-state index is 12.4. The van der Waals surface area contributed by atoms with Gasteiger partial charge in [-0.1, -0.05) is 25.1 Å². The molecule has 0 aliphatic rings. The topological polar surface area (TPSA) is 57.9 Å². The second-order valence-corrected chi connectivity index (χ2v) is 7.05. The third kappa shape index (κ3) is 2.86. The van der Waals surface area contributed by atoms with Crippen LogP contribution in [0.5, 0.6) is 0 Å². The molecule has 0 spiro atoms. The highest BCUT2D eigenvalue weighted by atomic mass is 32.2. The van der Waals surface area contributed by atoms with Gasteiger partial charge in [-0.2, -0.15) is 5.26 Å². The fourth-order valence-corrected chi connectivity index (χ4v) is 4.80. The zero-order valence-corrected chi connectivity index (χ0v) is 12.1. The van der Waals surface area contributed by atoms with E-state index in [-0.39, 0.29) is 5.75 Å². The van der Waals surface area contributed by atoms with Crippen LogP contribution in [0.3, 0.4) is 0 Å². The van der Waals surface area contributed by atoms with Gasteiger partial charge in [0.25, 0.3) is 0 Å². The van der Waals surface area contributed by atoms with Crippen molar-refractivity contribution >= 4 is 21.2 Å². The number of hydrogen-bond donors (Lipinski definition) is 0. The Balaban J connectivity index is 2.42. The Morgan fingerprint density at radius 1 is 1.26 bits per heavy atom. The Bertz CT molecular complexity index is 724. The van der Waals surface area contributed by atoms with Gasteiger partial charge in [-0.3, -0.25) is 0 Å². The van der Waals surface area contributed by atoms with Crippen molar-refractivity contribution in [2.24, 2.45) is 0 Å². The summed E-state index contributed by atoms with van der Waals surface area (Å²) in [6.07, 6.45) is 0.672. The lowest BCUT2D eigenvalue weighted by atomic mass is 10.2. The second kappa shape index (κ2) is 5.55. The molecule has 0 fully saturated rings. The fraction of sp³-hybridized carbons (Fsp3) is 0.214. The Labute approximate surface area is 117 Å². The van der Waals surface area contributed by atoms with Gasteiger partial charge in [0.2, 0.25) is 0 Å². The normalized spacial score (nSPS) is 11.2. The van der Waals surface area contributed by atoms with Gasteiger partial charge in [0.05, 0.1) is 16.2 Å². The quantitative estimate of drug-likeness (QED) is 0.869. The van der Waals surface area contributed by atoms with Crippen LogP contribution in [-0.2, 0) is 22.0 Å². The molecule has 3 nitrogen and oxygen atoms in total. The monoisotopic (exact) mass is 291 g/mol.